The van der Waals surface area contributed by atoms with E-state index in [1.54, 1.807) is 166 Å². The first kappa shape index (κ1) is 91.0. The van der Waals surface area contributed by atoms with Gasteiger partial charge in [-0.05, 0) is 142 Å². The highest BCUT2D eigenvalue weighted by Gasteiger charge is 2.26. The third kappa shape index (κ3) is 20.9. The number of carbonyl (C=O) groups is 8. The molecule has 0 fully saturated rings. The number of esters is 3. The van der Waals surface area contributed by atoms with Crippen LogP contribution in [0.25, 0.3) is 85.6 Å². The monoisotopic (exact) mass is 1760 g/mol. The predicted molar refractivity (Wildman–Crippen MR) is 468 cm³/mol. The zero-order valence-electron chi connectivity index (χ0n) is 63.9. The standard InChI is InChI=1S/C23H16FNO5S.2C22H14FNO5S.C13H9FO2.C9H7NO4S.2CH4/c1-25(20-12-18-19(31-20)11-17(22(27)29-2)23(28)30-18)21(26)16-6-4-3-5-15(16)13-7-9-14(24)10-8-13;1-28-21(26)16-10-18-17(29-22(16)27)11-19(30-18)24-20(25)15-5-3-2-4-14(15)12-6-8-13(23)9-7-12;1-24(19-11-17-18(30-19)10-16(21(26)27)22(28)29-17)20(25)15-5-3-2-4-14(15)12-6-8-13(23)9-7-12;14-10-7-5-9(6-8-10)11-3-1-2-4-12(11)13(15)16;1-13-8(11)4-2-6-5(14-9(4)12)3-7(10)15-6;;/h3-12H,1-2H3;2-11H,1H3,(H,24,25);2-11H,1H3,(H,26,27);1-8H,(H,15,16);2-3H,10H2,1H3;2*1H4. The van der Waals surface area contributed by atoms with Crippen LogP contribution in [0.4, 0.5) is 37.6 Å². The Morgan fingerprint density at radius 1 is 0.347 bits per heavy atom. The van der Waals surface area contributed by atoms with Gasteiger partial charge in [0.15, 0.2) is 22.3 Å². The smallest absolute Gasteiger partial charge is 0.351 e. The number of thiophene rings is 4. The van der Waals surface area contributed by atoms with E-state index in [1.807, 2.05) is 0 Å². The van der Waals surface area contributed by atoms with Crippen molar-refractivity contribution in [3.05, 3.63) is 352 Å². The third-order valence-electron chi connectivity index (χ3n) is 17.9. The number of carbonyl (C=O) groups excluding carboxylic acids is 6. The summed E-state index contributed by atoms with van der Waals surface area (Å²) < 4.78 is 88.7. The number of fused-ring (bicyclic) bond motifs is 4. The number of amides is 3. The van der Waals surface area contributed by atoms with Gasteiger partial charge < -0.3 is 62.9 Å². The first-order valence-corrected chi connectivity index (χ1v) is 38.8. The second-order valence-electron chi connectivity index (χ2n) is 25.6. The summed E-state index contributed by atoms with van der Waals surface area (Å²) in [5, 5.41) is 22.8. The molecule has 0 bridgehead atoms. The summed E-state index contributed by atoms with van der Waals surface area (Å²) in [5.41, 5.74) is 9.18. The highest BCUT2D eigenvalue weighted by atomic mass is 32.1. The number of ether oxygens (including phenoxy) is 3. The van der Waals surface area contributed by atoms with Gasteiger partial charge in [-0.25, -0.2) is 60.7 Å². The van der Waals surface area contributed by atoms with E-state index < -0.39 is 57.9 Å². The Balaban J connectivity index is 0.000000166. The van der Waals surface area contributed by atoms with E-state index in [9.17, 15) is 75.1 Å². The van der Waals surface area contributed by atoms with E-state index in [-0.39, 0.29) is 94.8 Å². The Labute approximate surface area is 715 Å². The lowest BCUT2D eigenvalue weighted by Crippen LogP contribution is -2.25. The van der Waals surface area contributed by atoms with Crippen molar-refractivity contribution in [3.63, 3.8) is 0 Å². The molecule has 630 valence electrons. The van der Waals surface area contributed by atoms with Crippen LogP contribution in [0.15, 0.2) is 280 Å². The van der Waals surface area contributed by atoms with Crippen molar-refractivity contribution in [1.82, 2.24) is 0 Å². The van der Waals surface area contributed by atoms with Crippen molar-refractivity contribution < 1.29 is 98.0 Å². The molecule has 33 heteroatoms. The van der Waals surface area contributed by atoms with Gasteiger partial charge in [0.05, 0.1) is 55.7 Å². The second kappa shape index (κ2) is 40.2. The molecule has 0 aliphatic carbocycles. The van der Waals surface area contributed by atoms with Crippen molar-refractivity contribution in [3.8, 4) is 44.5 Å². The van der Waals surface area contributed by atoms with Crippen LogP contribution in [-0.2, 0) is 14.2 Å². The SMILES string of the molecule is C.C.CN(C(=O)c1ccccc1-c1ccc(F)cc1)c1cc2oc(=O)c(C(=O)O)cc2s1.COC(=O)c1cc2sc(N(C)C(=O)c3ccccc3-c3ccc(F)cc3)cc2oc1=O.COC(=O)c1cc2sc(N)cc2oc1=O.COC(=O)c1cc2sc(NC(=O)c3ccccc3-c3ccc(F)cc3)cc2oc1=O.O=C(O)c1ccccc1-c1ccc(F)cc1. The maximum Gasteiger partial charge on any atom is 0.351 e. The molecule has 0 spiro atoms. The van der Waals surface area contributed by atoms with E-state index >= 15 is 0 Å². The normalized spacial score (nSPS) is 10.5. The number of nitrogens with one attached hydrogen (secondary N) is 1. The Morgan fingerprint density at radius 3 is 0.968 bits per heavy atom. The molecule has 0 aliphatic heterocycles. The zero-order chi connectivity index (χ0) is 87.3. The molecule has 0 saturated carbocycles. The predicted octanol–water partition coefficient (Wildman–Crippen LogP) is 19.7. The van der Waals surface area contributed by atoms with E-state index in [1.165, 1.54) is 145 Å². The van der Waals surface area contributed by atoms with Gasteiger partial charge in [-0.15, -0.1) is 45.3 Å². The minimum atomic E-state index is -1.38. The lowest BCUT2D eigenvalue weighted by atomic mass is 9.99. The quantitative estimate of drug-likeness (QED) is 0.0421. The number of nitrogens with two attached hydrogens (primary N) is 1. The summed E-state index contributed by atoms with van der Waals surface area (Å²) in [6.45, 7) is 0. The summed E-state index contributed by atoms with van der Waals surface area (Å²) in [7, 11) is 6.73. The van der Waals surface area contributed by atoms with E-state index in [0.717, 1.165) is 22.7 Å². The molecule has 0 radical (unpaired) electrons. The summed E-state index contributed by atoms with van der Waals surface area (Å²) in [6, 6.07) is 62.6. The Morgan fingerprint density at radius 2 is 0.621 bits per heavy atom. The summed E-state index contributed by atoms with van der Waals surface area (Å²) in [4.78, 5) is 146. The lowest BCUT2D eigenvalue weighted by molar-refractivity contribution is 0.0587. The van der Waals surface area contributed by atoms with Gasteiger partial charge in [0.25, 0.3) is 17.7 Å². The number of hydrogen-bond donors (Lipinski definition) is 4. The Hall–Kier alpha value is -15.3. The van der Waals surface area contributed by atoms with Gasteiger partial charge in [-0.3, -0.25) is 14.4 Å². The van der Waals surface area contributed by atoms with Crippen LogP contribution in [-0.4, -0.2) is 93.2 Å². The molecule has 16 rings (SSSR count). The maximum atomic E-state index is 13.3. The first-order valence-electron chi connectivity index (χ1n) is 35.5. The second-order valence-corrected chi connectivity index (χ2v) is 29.9. The van der Waals surface area contributed by atoms with Gasteiger partial charge >= 0.3 is 52.3 Å². The van der Waals surface area contributed by atoms with Crippen LogP contribution in [0.3, 0.4) is 0 Å². The number of nitrogen functional groups attached to an aromatic ring is 1. The molecule has 8 aromatic heterocycles. The fourth-order valence-corrected chi connectivity index (χ4v) is 15.6. The average molecular weight is 1760 g/mol. The highest BCUT2D eigenvalue weighted by Crippen LogP contribution is 2.38. The number of halogens is 4. The highest BCUT2D eigenvalue weighted by molar-refractivity contribution is 7.24. The molecule has 0 atom stereocenters. The van der Waals surface area contributed by atoms with E-state index in [0.29, 0.717) is 106 Å². The minimum absolute atomic E-state index is 0. The number of rotatable bonds is 15. The Bertz CT molecular complexity index is 6990. The molecule has 8 aromatic carbocycles. The first-order chi connectivity index (χ1) is 58.5. The number of carboxylic acids is 2. The van der Waals surface area contributed by atoms with Crippen LogP contribution in [0.2, 0.25) is 0 Å². The van der Waals surface area contributed by atoms with Crippen LogP contribution in [0, 0.1) is 23.3 Å². The average Bonchev–Trinajstić information content (AvgIpc) is 1.75. The van der Waals surface area contributed by atoms with Gasteiger partial charge in [0, 0.05) is 55.1 Å². The van der Waals surface area contributed by atoms with Crippen LogP contribution < -0.4 is 43.4 Å². The Kier molecular flexibility index (Phi) is 29.5. The third-order valence-corrected chi connectivity index (χ3v) is 22.1. The molecule has 0 saturated heterocycles. The van der Waals surface area contributed by atoms with Gasteiger partial charge in [0.1, 0.15) is 55.5 Å². The summed E-state index contributed by atoms with van der Waals surface area (Å²) >= 11 is 4.72. The number of anilines is 4. The van der Waals surface area contributed by atoms with Crippen molar-refractivity contribution in [1.29, 1.82) is 0 Å². The summed E-state index contributed by atoms with van der Waals surface area (Å²) in [5.74, 6) is -7.07. The van der Waals surface area contributed by atoms with E-state index in [4.69, 9.17) is 33.6 Å². The fourth-order valence-electron chi connectivity index (χ4n) is 11.9. The largest absolute Gasteiger partial charge is 0.478 e. The van der Waals surface area contributed by atoms with Gasteiger partial charge in [-0.1, -0.05) is 136 Å². The molecule has 0 aliphatic rings. The number of aromatic carboxylic acids is 2. The molecule has 25 nitrogen and oxygen atoms in total. The molecular formula is C91H68F4N4O21S4. The van der Waals surface area contributed by atoms with Crippen molar-refractivity contribution in [2.75, 3.05) is 56.3 Å². The molecular weight excluding hydrogens is 1690 g/mol. The molecule has 124 heavy (non-hydrogen) atoms. The lowest BCUT2D eigenvalue weighted by Gasteiger charge is -2.17. The molecule has 8 heterocycles. The van der Waals surface area contributed by atoms with Crippen LogP contribution in [0.1, 0.15) is 97.7 Å². The van der Waals surface area contributed by atoms with Gasteiger partial charge in [0.2, 0.25) is 0 Å². The molecule has 3 amide bonds. The fraction of sp³-hybridized carbons (Fsp3) is 0.0769. The zero-order valence-corrected chi connectivity index (χ0v) is 67.1. The molecule has 0 unspecified atom stereocenters. The molecule has 5 N–H and O–H groups in total. The van der Waals surface area contributed by atoms with Gasteiger partial charge in [-0.2, -0.15) is 0 Å². The maximum absolute atomic E-state index is 13.3. The van der Waals surface area contributed by atoms with Crippen LogP contribution in [0.5, 0.6) is 0 Å². The van der Waals surface area contributed by atoms with E-state index in [2.05, 4.69) is 19.5 Å². The molecule has 16 aromatic rings. The number of methoxy groups -OCH3 is 3. The number of carboxylic acid groups (broad SMARTS) is 2. The van der Waals surface area contributed by atoms with Crippen molar-refractivity contribution in [2.45, 2.75) is 14.9 Å². The summed E-state index contributed by atoms with van der Waals surface area (Å²) in [6.07, 6.45) is 0. The number of nitrogens with zero attached hydrogens (tertiary/aromatic N) is 2. The van der Waals surface area contributed by atoms with Crippen molar-refractivity contribution in [2.24, 2.45) is 0 Å². The number of hydrogen-bond acceptors (Lipinski definition) is 24. The topological polar surface area (TPSA) is 370 Å². The van der Waals surface area contributed by atoms with Crippen LogP contribution >= 0.6 is 45.3 Å². The minimum Gasteiger partial charge on any atom is -0.478 e. The number of benzene rings is 8. The van der Waals surface area contributed by atoms with Crippen molar-refractivity contribution >= 4 is 154 Å².